The van der Waals surface area contributed by atoms with Gasteiger partial charge in [0.25, 0.3) is 5.91 Å². The minimum Gasteiger partial charge on any atom is -0.485 e. The van der Waals surface area contributed by atoms with Crippen LogP contribution >= 0.6 is 24.0 Å². The van der Waals surface area contributed by atoms with Gasteiger partial charge in [-0.2, -0.15) is 0 Å². The molecule has 2 aliphatic heterocycles. The van der Waals surface area contributed by atoms with Crippen LogP contribution in [0, 0.1) is 0 Å². The van der Waals surface area contributed by atoms with Crippen molar-refractivity contribution < 1.29 is 9.53 Å². The molecule has 1 aromatic carbocycles. The van der Waals surface area contributed by atoms with E-state index in [0.29, 0.717) is 9.23 Å². The second-order valence-electron chi connectivity index (χ2n) is 6.69. The van der Waals surface area contributed by atoms with Crippen LogP contribution < -0.4 is 4.74 Å². The van der Waals surface area contributed by atoms with Crippen molar-refractivity contribution in [3.63, 3.8) is 0 Å². The lowest BCUT2D eigenvalue weighted by atomic mass is 10.0. The molecule has 1 saturated heterocycles. The summed E-state index contributed by atoms with van der Waals surface area (Å²) in [6, 6.07) is 7.95. The van der Waals surface area contributed by atoms with Crippen molar-refractivity contribution in [1.82, 2.24) is 4.90 Å². The molecule has 1 aromatic rings. The van der Waals surface area contributed by atoms with E-state index in [1.807, 2.05) is 37.3 Å². The van der Waals surface area contributed by atoms with E-state index in [0.717, 1.165) is 36.3 Å². The molecule has 0 saturated carbocycles. The maximum absolute atomic E-state index is 12.7. The van der Waals surface area contributed by atoms with Gasteiger partial charge >= 0.3 is 0 Å². The summed E-state index contributed by atoms with van der Waals surface area (Å²) in [5, 5.41) is 0. The largest absolute Gasteiger partial charge is 0.485 e. The molecule has 1 amide bonds. The van der Waals surface area contributed by atoms with Crippen LogP contribution in [0.25, 0.3) is 6.08 Å². The van der Waals surface area contributed by atoms with Crippen molar-refractivity contribution >= 4 is 40.3 Å². The molecule has 0 spiro atoms. The highest BCUT2D eigenvalue weighted by molar-refractivity contribution is 8.26. The Hall–Kier alpha value is -1.59. The summed E-state index contributed by atoms with van der Waals surface area (Å²) in [7, 11) is 0. The fraction of sp³-hybridized carbons (Fsp3) is 0.429. The first-order valence-corrected chi connectivity index (χ1v) is 10.5. The number of hydrogen-bond donors (Lipinski definition) is 0. The van der Waals surface area contributed by atoms with Gasteiger partial charge in [0, 0.05) is 12.1 Å². The fourth-order valence-electron chi connectivity index (χ4n) is 3.14. The Kier molecular flexibility index (Phi) is 6.54. The highest BCUT2D eigenvalue weighted by Crippen LogP contribution is 2.35. The predicted octanol–water partition coefficient (Wildman–Crippen LogP) is 5.57. The van der Waals surface area contributed by atoms with Crippen LogP contribution in [0.1, 0.15) is 51.5 Å². The third kappa shape index (κ3) is 4.38. The molecule has 5 heteroatoms. The van der Waals surface area contributed by atoms with Gasteiger partial charge in [-0.25, -0.2) is 0 Å². The molecule has 0 bridgehead atoms. The monoisotopic (exact) mass is 387 g/mol. The summed E-state index contributed by atoms with van der Waals surface area (Å²) >= 11 is 6.83. The molecule has 3 rings (SSSR count). The van der Waals surface area contributed by atoms with Crippen LogP contribution in [-0.2, 0) is 4.79 Å². The van der Waals surface area contributed by atoms with Gasteiger partial charge < -0.3 is 4.74 Å². The number of amides is 1. The van der Waals surface area contributed by atoms with E-state index >= 15 is 0 Å². The second kappa shape index (κ2) is 8.87. The number of benzene rings is 1. The van der Waals surface area contributed by atoms with Gasteiger partial charge in [0.1, 0.15) is 16.2 Å². The molecule has 1 unspecified atom stereocenters. The number of carbonyl (C=O) groups excluding carboxylic acids is 1. The minimum absolute atomic E-state index is 0.0300. The van der Waals surface area contributed by atoms with Crippen molar-refractivity contribution in [3.8, 4) is 5.75 Å². The van der Waals surface area contributed by atoms with Crippen molar-refractivity contribution in [2.24, 2.45) is 0 Å². The Labute approximate surface area is 165 Å². The summed E-state index contributed by atoms with van der Waals surface area (Å²) in [4.78, 5) is 15.2. The predicted molar refractivity (Wildman–Crippen MR) is 113 cm³/mol. The molecule has 138 valence electrons. The molecule has 0 aliphatic carbocycles. The zero-order valence-corrected chi connectivity index (χ0v) is 17.0. The Morgan fingerprint density at radius 2 is 2.00 bits per heavy atom. The lowest BCUT2D eigenvalue weighted by Gasteiger charge is -2.23. The Balaban J connectivity index is 1.69. The molecule has 0 aromatic heterocycles. The quantitative estimate of drug-likeness (QED) is 0.348. The fourth-order valence-corrected chi connectivity index (χ4v) is 4.45. The summed E-state index contributed by atoms with van der Waals surface area (Å²) in [6.45, 7) is 4.93. The summed E-state index contributed by atoms with van der Waals surface area (Å²) in [5.41, 5.74) is 2.05. The number of carbonyl (C=O) groups is 1. The zero-order valence-electron chi connectivity index (χ0n) is 15.4. The van der Waals surface area contributed by atoms with Crippen LogP contribution in [0.3, 0.4) is 0 Å². The minimum atomic E-state index is -0.0811. The van der Waals surface area contributed by atoms with Gasteiger partial charge in [0.05, 0.1) is 4.91 Å². The van der Waals surface area contributed by atoms with Gasteiger partial charge in [-0.1, -0.05) is 74.8 Å². The smallest absolute Gasteiger partial charge is 0.266 e. The van der Waals surface area contributed by atoms with Gasteiger partial charge in [0.2, 0.25) is 0 Å². The Morgan fingerprint density at radius 1 is 1.23 bits per heavy atom. The average molecular weight is 388 g/mol. The highest BCUT2D eigenvalue weighted by Gasteiger charge is 2.32. The molecule has 0 N–H and O–H groups in total. The van der Waals surface area contributed by atoms with E-state index in [9.17, 15) is 4.79 Å². The van der Waals surface area contributed by atoms with Gasteiger partial charge in [-0.05, 0) is 37.1 Å². The number of unbranched alkanes of at least 4 members (excludes halogenated alkanes) is 4. The molecular formula is C21H25NO2S2. The lowest BCUT2D eigenvalue weighted by molar-refractivity contribution is -0.122. The van der Waals surface area contributed by atoms with E-state index in [2.05, 4.69) is 13.0 Å². The summed E-state index contributed by atoms with van der Waals surface area (Å²) in [5.74, 6) is 0.916. The second-order valence-corrected chi connectivity index (χ2v) is 8.37. The topological polar surface area (TPSA) is 29.5 Å². The average Bonchev–Trinajstić information content (AvgIpc) is 2.89. The maximum atomic E-state index is 12.7. The number of fused-ring (bicyclic) bond motifs is 1. The summed E-state index contributed by atoms with van der Waals surface area (Å²) < 4.78 is 6.63. The van der Waals surface area contributed by atoms with E-state index in [1.54, 1.807) is 4.90 Å². The van der Waals surface area contributed by atoms with Crippen molar-refractivity contribution in [2.45, 2.75) is 52.1 Å². The van der Waals surface area contributed by atoms with E-state index in [-0.39, 0.29) is 12.0 Å². The third-order valence-electron chi connectivity index (χ3n) is 4.67. The summed E-state index contributed by atoms with van der Waals surface area (Å²) in [6.07, 6.45) is 9.82. The van der Waals surface area contributed by atoms with E-state index < -0.39 is 0 Å². The number of hydrogen-bond acceptors (Lipinski definition) is 4. The van der Waals surface area contributed by atoms with Crippen molar-refractivity contribution in [1.29, 1.82) is 0 Å². The zero-order chi connectivity index (χ0) is 18.5. The van der Waals surface area contributed by atoms with Crippen LogP contribution in [0.5, 0.6) is 5.75 Å². The number of thiocarbonyl (C=S) groups is 1. The number of ether oxygens (including phenoxy) is 1. The van der Waals surface area contributed by atoms with Crippen LogP contribution in [0.2, 0.25) is 0 Å². The van der Waals surface area contributed by atoms with Crippen molar-refractivity contribution in [2.75, 3.05) is 6.54 Å². The first kappa shape index (κ1) is 19.2. The number of thioether (sulfide) groups is 1. The van der Waals surface area contributed by atoms with Crippen molar-refractivity contribution in [3.05, 3.63) is 46.4 Å². The van der Waals surface area contributed by atoms with E-state index in [4.69, 9.17) is 17.0 Å². The first-order chi connectivity index (χ1) is 12.6. The number of rotatable bonds is 7. The van der Waals surface area contributed by atoms with Gasteiger partial charge in [-0.3, -0.25) is 9.69 Å². The molecule has 0 radical (unpaired) electrons. The molecule has 2 aliphatic rings. The van der Waals surface area contributed by atoms with Crippen LogP contribution in [-0.4, -0.2) is 27.8 Å². The van der Waals surface area contributed by atoms with Crippen LogP contribution in [0.4, 0.5) is 0 Å². The molecule has 1 atom stereocenters. The van der Waals surface area contributed by atoms with Gasteiger partial charge in [0.15, 0.2) is 0 Å². The normalized spacial score (nSPS) is 21.0. The number of nitrogens with zero attached hydrogens (tertiary/aromatic N) is 1. The molecule has 1 fully saturated rings. The molecular weight excluding hydrogens is 362 g/mol. The lowest BCUT2D eigenvalue weighted by Crippen LogP contribution is -2.29. The Bertz CT molecular complexity index is 754. The number of para-hydroxylation sites is 1. The maximum Gasteiger partial charge on any atom is 0.266 e. The third-order valence-corrected chi connectivity index (χ3v) is 6.05. The Morgan fingerprint density at radius 3 is 2.81 bits per heavy atom. The highest BCUT2D eigenvalue weighted by atomic mass is 32.2. The molecule has 3 nitrogen and oxygen atoms in total. The van der Waals surface area contributed by atoms with Crippen LogP contribution in [0.15, 0.2) is 40.8 Å². The standard InChI is InChI=1S/C21H25NO2S2/c1-3-4-5-6-9-12-22-20(23)19(26-21(22)25)14-17-13-16-10-7-8-11-18(16)24-15(17)2/h7-8,10-11,13-15H,3-6,9,12H2,1-2H3. The molecule has 26 heavy (non-hydrogen) atoms. The van der Waals surface area contributed by atoms with Gasteiger partial charge in [-0.15, -0.1) is 0 Å². The SMILES string of the molecule is CCCCCCCN1C(=O)C(=CC2=Cc3ccccc3OC2C)SC1=S. The first-order valence-electron chi connectivity index (χ1n) is 9.32. The van der Waals surface area contributed by atoms with E-state index in [1.165, 1.54) is 31.0 Å². The molecule has 2 heterocycles.